The van der Waals surface area contributed by atoms with Crippen molar-refractivity contribution in [2.45, 2.75) is 25.9 Å². The molecule has 0 unspecified atom stereocenters. The molecular weight excluding hydrogens is 280 g/mol. The van der Waals surface area contributed by atoms with Crippen molar-refractivity contribution in [2.75, 3.05) is 20.3 Å². The molecule has 3 rings (SSSR count). The normalized spacial score (nSPS) is 17.4. The molecule has 0 aliphatic carbocycles. The minimum Gasteiger partial charge on any atom is -0.384 e. The maximum Gasteiger partial charge on any atom is 0.272 e. The van der Waals surface area contributed by atoms with Crippen LogP contribution in [-0.2, 0) is 17.8 Å². The number of fused-ring (bicyclic) bond motifs is 1. The van der Waals surface area contributed by atoms with Gasteiger partial charge in [0, 0.05) is 44.4 Å². The molecule has 0 bridgehead atoms. The van der Waals surface area contributed by atoms with Gasteiger partial charge in [0.2, 0.25) is 0 Å². The molecule has 6 nitrogen and oxygen atoms in total. The molecule has 0 saturated heterocycles. The van der Waals surface area contributed by atoms with Gasteiger partial charge in [-0.3, -0.25) is 14.5 Å². The average molecular weight is 300 g/mol. The van der Waals surface area contributed by atoms with Gasteiger partial charge >= 0.3 is 0 Å². The van der Waals surface area contributed by atoms with Crippen molar-refractivity contribution >= 4 is 5.91 Å². The van der Waals surface area contributed by atoms with Crippen LogP contribution in [0, 0.1) is 0 Å². The van der Waals surface area contributed by atoms with Gasteiger partial charge in [-0.2, -0.15) is 5.10 Å². The monoisotopic (exact) mass is 300 g/mol. The highest BCUT2D eigenvalue weighted by molar-refractivity contribution is 5.92. The molecule has 3 heterocycles. The van der Waals surface area contributed by atoms with Gasteiger partial charge in [0.15, 0.2) is 0 Å². The summed E-state index contributed by atoms with van der Waals surface area (Å²) in [7, 11) is 1.69. The van der Waals surface area contributed by atoms with Crippen LogP contribution in [-0.4, -0.2) is 45.8 Å². The Morgan fingerprint density at radius 1 is 1.45 bits per heavy atom. The molecule has 0 fully saturated rings. The van der Waals surface area contributed by atoms with Crippen molar-refractivity contribution in [3.63, 3.8) is 0 Å². The Hall–Kier alpha value is -2.21. The van der Waals surface area contributed by atoms with E-state index in [-0.39, 0.29) is 11.8 Å². The Balaban J connectivity index is 1.89. The molecule has 1 atom stereocenters. The predicted octanol–water partition coefficient (Wildman–Crippen LogP) is 1.68. The van der Waals surface area contributed by atoms with Crippen LogP contribution in [0.1, 0.15) is 34.6 Å². The molecule has 1 amide bonds. The van der Waals surface area contributed by atoms with Crippen LogP contribution < -0.4 is 0 Å². The van der Waals surface area contributed by atoms with E-state index in [4.69, 9.17) is 4.74 Å². The molecule has 1 aliphatic rings. The summed E-state index contributed by atoms with van der Waals surface area (Å²) in [4.78, 5) is 18.6. The van der Waals surface area contributed by atoms with Crippen molar-refractivity contribution in [2.24, 2.45) is 0 Å². The first-order chi connectivity index (χ1) is 10.7. The second kappa shape index (κ2) is 6.27. The highest BCUT2D eigenvalue weighted by atomic mass is 16.5. The average Bonchev–Trinajstić information content (AvgIpc) is 2.98. The number of methoxy groups -OCH3 is 1. The van der Waals surface area contributed by atoms with Crippen LogP contribution >= 0.6 is 0 Å². The van der Waals surface area contributed by atoms with Crippen molar-refractivity contribution in [1.29, 1.82) is 0 Å². The fourth-order valence-electron chi connectivity index (χ4n) is 3.04. The molecule has 22 heavy (non-hydrogen) atoms. The summed E-state index contributed by atoms with van der Waals surface area (Å²) < 4.78 is 7.35. The Kier molecular flexibility index (Phi) is 4.20. The van der Waals surface area contributed by atoms with E-state index < -0.39 is 0 Å². The fraction of sp³-hybridized carbons (Fsp3) is 0.438. The SMILES string of the molecule is CCn1ncc2c1[C@H](COC)CN(C(=O)c1ccccn1)C2. The smallest absolute Gasteiger partial charge is 0.272 e. The van der Waals surface area contributed by atoms with Gasteiger partial charge in [-0.1, -0.05) is 6.07 Å². The highest BCUT2D eigenvalue weighted by Gasteiger charge is 2.32. The van der Waals surface area contributed by atoms with E-state index >= 15 is 0 Å². The summed E-state index contributed by atoms with van der Waals surface area (Å²) in [5.41, 5.74) is 2.76. The van der Waals surface area contributed by atoms with Crippen molar-refractivity contribution in [3.8, 4) is 0 Å². The molecule has 0 aromatic carbocycles. The van der Waals surface area contributed by atoms with Gasteiger partial charge in [-0.25, -0.2) is 0 Å². The quantitative estimate of drug-likeness (QED) is 0.862. The summed E-state index contributed by atoms with van der Waals surface area (Å²) in [6.45, 7) is 4.67. The van der Waals surface area contributed by atoms with Crippen LogP contribution in [0.5, 0.6) is 0 Å². The van der Waals surface area contributed by atoms with Gasteiger partial charge in [0.1, 0.15) is 5.69 Å². The van der Waals surface area contributed by atoms with E-state index in [2.05, 4.69) is 17.0 Å². The van der Waals surface area contributed by atoms with Gasteiger partial charge in [0.25, 0.3) is 5.91 Å². The third-order valence-electron chi connectivity index (χ3n) is 3.99. The van der Waals surface area contributed by atoms with Crippen molar-refractivity contribution in [1.82, 2.24) is 19.7 Å². The predicted molar refractivity (Wildman–Crippen MR) is 81.5 cm³/mol. The van der Waals surface area contributed by atoms with E-state index in [9.17, 15) is 4.79 Å². The first-order valence-corrected chi connectivity index (χ1v) is 7.48. The molecule has 1 aliphatic heterocycles. The Labute approximate surface area is 129 Å². The number of carbonyl (C=O) groups is 1. The number of pyridine rings is 1. The molecule has 0 N–H and O–H groups in total. The zero-order valence-electron chi connectivity index (χ0n) is 12.9. The van der Waals surface area contributed by atoms with Crippen LogP contribution in [0.4, 0.5) is 0 Å². The lowest BCUT2D eigenvalue weighted by molar-refractivity contribution is 0.0669. The molecule has 2 aromatic heterocycles. The first kappa shape index (κ1) is 14.7. The fourth-order valence-corrected chi connectivity index (χ4v) is 3.04. The van der Waals surface area contributed by atoms with Gasteiger partial charge in [-0.05, 0) is 19.1 Å². The van der Waals surface area contributed by atoms with Crippen LogP contribution in [0.2, 0.25) is 0 Å². The van der Waals surface area contributed by atoms with Crippen LogP contribution in [0.25, 0.3) is 0 Å². The minimum absolute atomic E-state index is 0.0448. The summed E-state index contributed by atoms with van der Waals surface area (Å²) in [5, 5.41) is 4.42. The van der Waals surface area contributed by atoms with Gasteiger partial charge in [-0.15, -0.1) is 0 Å². The lowest BCUT2D eigenvalue weighted by Gasteiger charge is -2.33. The molecule has 0 radical (unpaired) electrons. The van der Waals surface area contributed by atoms with Gasteiger partial charge in [0.05, 0.1) is 18.5 Å². The number of ether oxygens (including phenoxy) is 1. The molecule has 6 heteroatoms. The second-order valence-corrected chi connectivity index (χ2v) is 5.42. The molecule has 2 aromatic rings. The van der Waals surface area contributed by atoms with E-state index in [1.54, 1.807) is 19.4 Å². The Bertz CT molecular complexity index is 653. The van der Waals surface area contributed by atoms with E-state index in [1.807, 2.05) is 27.9 Å². The number of aryl methyl sites for hydroxylation is 1. The summed E-state index contributed by atoms with van der Waals surface area (Å²) in [6, 6.07) is 5.39. The number of carbonyl (C=O) groups excluding carboxylic acids is 1. The topological polar surface area (TPSA) is 60.2 Å². The summed E-state index contributed by atoms with van der Waals surface area (Å²) >= 11 is 0. The minimum atomic E-state index is -0.0448. The third kappa shape index (κ3) is 2.62. The lowest BCUT2D eigenvalue weighted by atomic mass is 9.96. The number of nitrogens with zero attached hydrogens (tertiary/aromatic N) is 4. The van der Waals surface area contributed by atoms with Crippen molar-refractivity contribution in [3.05, 3.63) is 47.5 Å². The van der Waals surface area contributed by atoms with E-state index in [1.165, 1.54) is 5.69 Å². The van der Waals surface area contributed by atoms with E-state index in [0.717, 1.165) is 12.1 Å². The molecule has 0 spiro atoms. The number of aromatic nitrogens is 3. The van der Waals surface area contributed by atoms with Crippen LogP contribution in [0.3, 0.4) is 0 Å². The standard InChI is InChI=1S/C16H20N4O2/c1-3-20-15-12(8-18-20)9-19(10-13(15)11-22-2)16(21)14-6-4-5-7-17-14/h4-8,13H,3,9-11H2,1-2H3/t13-/m0/s1. The Morgan fingerprint density at radius 2 is 2.32 bits per heavy atom. The zero-order valence-corrected chi connectivity index (χ0v) is 12.9. The highest BCUT2D eigenvalue weighted by Crippen LogP contribution is 2.29. The zero-order chi connectivity index (χ0) is 15.5. The van der Waals surface area contributed by atoms with E-state index in [0.29, 0.717) is 25.4 Å². The Morgan fingerprint density at radius 3 is 3.00 bits per heavy atom. The number of amides is 1. The summed E-state index contributed by atoms with van der Waals surface area (Å²) in [5.74, 6) is 0.0977. The number of hydrogen-bond acceptors (Lipinski definition) is 4. The largest absolute Gasteiger partial charge is 0.384 e. The third-order valence-corrected chi connectivity index (χ3v) is 3.99. The first-order valence-electron chi connectivity index (χ1n) is 7.48. The number of rotatable bonds is 4. The molecule has 0 saturated carbocycles. The van der Waals surface area contributed by atoms with Crippen molar-refractivity contribution < 1.29 is 9.53 Å². The molecule has 116 valence electrons. The lowest BCUT2D eigenvalue weighted by Crippen LogP contribution is -2.40. The molecular formula is C16H20N4O2. The maximum atomic E-state index is 12.6. The van der Waals surface area contributed by atoms with Gasteiger partial charge < -0.3 is 9.64 Å². The second-order valence-electron chi connectivity index (χ2n) is 5.42. The summed E-state index contributed by atoms with van der Waals surface area (Å²) in [6.07, 6.45) is 3.50. The maximum absolute atomic E-state index is 12.6. The van der Waals surface area contributed by atoms with Crippen LogP contribution in [0.15, 0.2) is 30.6 Å². The number of hydrogen-bond donors (Lipinski definition) is 0.